The van der Waals surface area contributed by atoms with Crippen LogP contribution in [0.25, 0.3) is 22.3 Å². The zero-order chi connectivity index (χ0) is 13.4. The summed E-state index contributed by atoms with van der Waals surface area (Å²) in [5, 5.41) is 0.480. The second-order valence-electron chi connectivity index (χ2n) is 3.96. The maximum atomic E-state index is 13.7. The van der Waals surface area contributed by atoms with E-state index in [0.29, 0.717) is 21.8 Å². The Kier molecular flexibility index (Phi) is 2.87. The fourth-order valence-electron chi connectivity index (χ4n) is 1.82. The van der Waals surface area contributed by atoms with E-state index >= 15 is 0 Å². The fraction of sp³-hybridized carbons (Fsp3) is 0. The van der Waals surface area contributed by atoms with Crippen molar-refractivity contribution in [3.05, 3.63) is 59.3 Å². The van der Waals surface area contributed by atoms with E-state index in [-0.39, 0.29) is 5.52 Å². The molecule has 94 valence electrons. The summed E-state index contributed by atoms with van der Waals surface area (Å²) in [5.74, 6) is -1.95. The van der Waals surface area contributed by atoms with Crippen molar-refractivity contribution >= 4 is 22.6 Å². The van der Waals surface area contributed by atoms with Crippen molar-refractivity contribution in [2.45, 2.75) is 0 Å². The number of fused-ring (bicyclic) bond motifs is 1. The summed E-state index contributed by atoms with van der Waals surface area (Å²) in [5.41, 5.74) is 1.23. The predicted octanol–water partition coefficient (Wildman–Crippen LogP) is 4.23. The maximum absolute atomic E-state index is 13.7. The number of hydrogen-bond donors (Lipinski definition) is 0. The molecule has 0 aliphatic heterocycles. The number of aromatic nitrogens is 2. The highest BCUT2D eigenvalue weighted by atomic mass is 35.5. The molecule has 1 heterocycles. The smallest absolute Gasteiger partial charge is 0.186 e. The molecule has 1 aromatic heterocycles. The van der Waals surface area contributed by atoms with Gasteiger partial charge in [0.2, 0.25) is 0 Å². The van der Waals surface area contributed by atoms with Gasteiger partial charge >= 0.3 is 0 Å². The average molecular weight is 277 g/mol. The van der Waals surface area contributed by atoms with Crippen LogP contribution in [0, 0.1) is 11.6 Å². The second-order valence-corrected chi connectivity index (χ2v) is 4.37. The van der Waals surface area contributed by atoms with Crippen molar-refractivity contribution < 1.29 is 8.78 Å². The third kappa shape index (κ3) is 2.04. The molecule has 0 fully saturated rings. The zero-order valence-electron chi connectivity index (χ0n) is 9.57. The van der Waals surface area contributed by atoms with Gasteiger partial charge in [-0.25, -0.2) is 13.8 Å². The summed E-state index contributed by atoms with van der Waals surface area (Å²) in [6.45, 7) is 0. The Bertz CT molecular complexity index is 774. The van der Waals surface area contributed by atoms with Crippen molar-refractivity contribution in [1.82, 2.24) is 9.97 Å². The molecule has 3 rings (SSSR count). The highest BCUT2D eigenvalue weighted by Gasteiger charge is 2.12. The van der Waals surface area contributed by atoms with Crippen molar-refractivity contribution in [3.63, 3.8) is 0 Å². The molecule has 2 aromatic carbocycles. The van der Waals surface area contributed by atoms with Crippen LogP contribution in [-0.4, -0.2) is 9.97 Å². The first-order valence-electron chi connectivity index (χ1n) is 5.52. The predicted molar refractivity (Wildman–Crippen MR) is 69.9 cm³/mol. The summed E-state index contributed by atoms with van der Waals surface area (Å²) in [6, 6.07) is 9.42. The maximum Gasteiger partial charge on any atom is 0.186 e. The van der Waals surface area contributed by atoms with Gasteiger partial charge in [-0.3, -0.25) is 4.98 Å². The van der Waals surface area contributed by atoms with E-state index in [9.17, 15) is 8.78 Å². The minimum Gasteiger partial charge on any atom is -0.252 e. The normalized spacial score (nSPS) is 10.9. The quantitative estimate of drug-likeness (QED) is 0.665. The Balaban J connectivity index is 2.27. The molecule has 2 nitrogen and oxygen atoms in total. The van der Waals surface area contributed by atoms with E-state index in [4.69, 9.17) is 11.6 Å². The Morgan fingerprint density at radius 2 is 1.79 bits per heavy atom. The first kappa shape index (κ1) is 12.0. The molecule has 0 unspecified atom stereocenters. The van der Waals surface area contributed by atoms with Gasteiger partial charge < -0.3 is 0 Å². The molecule has 0 saturated carbocycles. The van der Waals surface area contributed by atoms with Crippen LogP contribution in [0.5, 0.6) is 0 Å². The van der Waals surface area contributed by atoms with Gasteiger partial charge in [0.1, 0.15) is 5.52 Å². The van der Waals surface area contributed by atoms with Crippen LogP contribution in [0.15, 0.2) is 42.6 Å². The Morgan fingerprint density at radius 3 is 2.58 bits per heavy atom. The van der Waals surface area contributed by atoms with Crippen LogP contribution in [-0.2, 0) is 0 Å². The van der Waals surface area contributed by atoms with Gasteiger partial charge in [0.25, 0.3) is 0 Å². The van der Waals surface area contributed by atoms with Crippen molar-refractivity contribution in [2.24, 2.45) is 0 Å². The standard InChI is InChI=1S/C14H7ClF2N2/c15-9-4-2-1-3-8(9)12-7-18-11-6-5-10(16)13(17)14(11)19-12/h1-7H. The van der Waals surface area contributed by atoms with Gasteiger partial charge in [-0.1, -0.05) is 29.8 Å². The molecular formula is C14H7ClF2N2. The number of halogens is 3. The van der Waals surface area contributed by atoms with Gasteiger partial charge in [-0.15, -0.1) is 0 Å². The highest BCUT2D eigenvalue weighted by molar-refractivity contribution is 6.33. The largest absolute Gasteiger partial charge is 0.252 e. The van der Waals surface area contributed by atoms with Crippen molar-refractivity contribution in [2.75, 3.05) is 0 Å². The summed E-state index contributed by atoms with van der Waals surface area (Å²) in [7, 11) is 0. The topological polar surface area (TPSA) is 25.8 Å². The summed E-state index contributed by atoms with van der Waals surface area (Å²) < 4.78 is 26.9. The average Bonchev–Trinajstić information content (AvgIpc) is 2.43. The van der Waals surface area contributed by atoms with Gasteiger partial charge in [-0.2, -0.15) is 0 Å². The third-order valence-corrected chi connectivity index (χ3v) is 3.09. The van der Waals surface area contributed by atoms with Crippen LogP contribution >= 0.6 is 11.6 Å². The van der Waals surface area contributed by atoms with Crippen LogP contribution in [0.1, 0.15) is 0 Å². The lowest BCUT2D eigenvalue weighted by Gasteiger charge is -2.05. The first-order chi connectivity index (χ1) is 9.16. The lowest BCUT2D eigenvalue weighted by Crippen LogP contribution is -1.94. The number of nitrogens with zero attached hydrogens (tertiary/aromatic N) is 2. The highest BCUT2D eigenvalue weighted by Crippen LogP contribution is 2.27. The molecular weight excluding hydrogens is 270 g/mol. The lowest BCUT2D eigenvalue weighted by molar-refractivity contribution is 0.515. The summed E-state index contributed by atoms with van der Waals surface area (Å²) >= 11 is 6.05. The van der Waals surface area contributed by atoms with Gasteiger partial charge in [0.15, 0.2) is 11.6 Å². The lowest BCUT2D eigenvalue weighted by atomic mass is 10.1. The summed E-state index contributed by atoms with van der Waals surface area (Å²) in [4.78, 5) is 8.18. The van der Waals surface area contributed by atoms with E-state index in [0.717, 1.165) is 6.07 Å². The zero-order valence-corrected chi connectivity index (χ0v) is 10.3. The van der Waals surface area contributed by atoms with Crippen LogP contribution < -0.4 is 0 Å². The minimum atomic E-state index is -1.00. The second kappa shape index (κ2) is 4.55. The molecule has 0 bridgehead atoms. The molecule has 0 aliphatic rings. The number of benzene rings is 2. The SMILES string of the molecule is Fc1ccc2ncc(-c3ccccc3Cl)nc2c1F. The molecule has 0 saturated heterocycles. The molecule has 0 N–H and O–H groups in total. The molecule has 0 aliphatic carbocycles. The van der Waals surface area contributed by atoms with E-state index < -0.39 is 11.6 Å². The molecule has 0 radical (unpaired) electrons. The van der Waals surface area contributed by atoms with Crippen molar-refractivity contribution in [3.8, 4) is 11.3 Å². The van der Waals surface area contributed by atoms with Crippen LogP contribution in [0.2, 0.25) is 5.02 Å². The Hall–Kier alpha value is -2.07. The van der Waals surface area contributed by atoms with Gasteiger partial charge in [0.05, 0.1) is 22.4 Å². The van der Waals surface area contributed by atoms with Crippen LogP contribution in [0.4, 0.5) is 8.78 Å². The fourth-order valence-corrected chi connectivity index (χ4v) is 2.05. The van der Waals surface area contributed by atoms with Gasteiger partial charge in [-0.05, 0) is 18.2 Å². The minimum absolute atomic E-state index is 0.0996. The van der Waals surface area contributed by atoms with Crippen LogP contribution in [0.3, 0.4) is 0 Å². The number of rotatable bonds is 1. The Morgan fingerprint density at radius 1 is 1.00 bits per heavy atom. The molecule has 5 heteroatoms. The number of hydrogen-bond acceptors (Lipinski definition) is 2. The Labute approximate surface area is 112 Å². The monoisotopic (exact) mass is 276 g/mol. The van der Waals surface area contributed by atoms with E-state index in [2.05, 4.69) is 9.97 Å². The molecule has 0 atom stereocenters. The third-order valence-electron chi connectivity index (χ3n) is 2.76. The van der Waals surface area contributed by atoms with Crippen molar-refractivity contribution in [1.29, 1.82) is 0 Å². The summed E-state index contributed by atoms with van der Waals surface area (Å²) in [6.07, 6.45) is 1.49. The first-order valence-corrected chi connectivity index (χ1v) is 5.90. The van der Waals surface area contributed by atoms with E-state index in [1.807, 2.05) is 0 Å². The van der Waals surface area contributed by atoms with E-state index in [1.165, 1.54) is 12.3 Å². The molecule has 19 heavy (non-hydrogen) atoms. The molecule has 0 amide bonds. The molecule has 3 aromatic rings. The van der Waals surface area contributed by atoms with E-state index in [1.54, 1.807) is 24.3 Å². The molecule has 0 spiro atoms. The van der Waals surface area contributed by atoms with Gasteiger partial charge in [0, 0.05) is 5.56 Å².